The van der Waals surface area contributed by atoms with Crippen LogP contribution in [0.15, 0.2) is 40.9 Å². The Balaban J connectivity index is 2.08. The van der Waals surface area contributed by atoms with E-state index in [0.29, 0.717) is 11.3 Å². The molecule has 2 aromatic rings. The van der Waals surface area contributed by atoms with Gasteiger partial charge < -0.3 is 9.47 Å². The topological polar surface area (TPSA) is 35.5 Å². The number of ketones is 1. The third-order valence-electron chi connectivity index (χ3n) is 3.39. The average molecular weight is 349 g/mol. The fourth-order valence-electron chi connectivity index (χ4n) is 1.95. The van der Waals surface area contributed by atoms with Gasteiger partial charge in [-0.15, -0.1) is 0 Å². The molecule has 0 amide bonds. The largest absolute Gasteiger partial charge is 0.496 e. The predicted molar refractivity (Wildman–Crippen MR) is 86.4 cm³/mol. The standard InChI is InChI=1S/C17H17BrO3/c1-11-5-4-6-16(12(11)2)21-10-15(19)13-7-8-17(20-3)14(18)9-13/h4-9H,10H2,1-3H3. The number of methoxy groups -OCH3 is 1. The average Bonchev–Trinajstić information content (AvgIpc) is 2.48. The first-order chi connectivity index (χ1) is 10.0. The van der Waals surface area contributed by atoms with Crippen LogP contribution in [0.2, 0.25) is 0 Å². The molecule has 0 aliphatic heterocycles. The Morgan fingerprint density at radius 1 is 1.14 bits per heavy atom. The van der Waals surface area contributed by atoms with Crippen LogP contribution in [-0.4, -0.2) is 19.5 Å². The second kappa shape index (κ2) is 6.76. The van der Waals surface area contributed by atoms with E-state index in [1.54, 1.807) is 25.3 Å². The number of hydrogen-bond donors (Lipinski definition) is 0. The summed E-state index contributed by atoms with van der Waals surface area (Å²) in [5.74, 6) is 1.37. The molecule has 4 heteroatoms. The van der Waals surface area contributed by atoms with Gasteiger partial charge in [0.25, 0.3) is 0 Å². The summed E-state index contributed by atoms with van der Waals surface area (Å²) < 4.78 is 11.5. The van der Waals surface area contributed by atoms with E-state index in [-0.39, 0.29) is 12.4 Å². The quantitative estimate of drug-likeness (QED) is 0.754. The first kappa shape index (κ1) is 15.6. The monoisotopic (exact) mass is 348 g/mol. The van der Waals surface area contributed by atoms with Crippen molar-refractivity contribution < 1.29 is 14.3 Å². The molecule has 0 aliphatic carbocycles. The van der Waals surface area contributed by atoms with E-state index in [1.165, 1.54) is 0 Å². The van der Waals surface area contributed by atoms with Crippen LogP contribution in [0.25, 0.3) is 0 Å². The molecule has 0 heterocycles. The molecule has 0 spiro atoms. The van der Waals surface area contributed by atoms with Crippen molar-refractivity contribution in [2.75, 3.05) is 13.7 Å². The zero-order valence-electron chi connectivity index (χ0n) is 12.3. The number of ether oxygens (including phenoxy) is 2. The van der Waals surface area contributed by atoms with E-state index >= 15 is 0 Å². The van der Waals surface area contributed by atoms with Crippen LogP contribution in [-0.2, 0) is 0 Å². The van der Waals surface area contributed by atoms with Gasteiger partial charge in [0.15, 0.2) is 12.4 Å². The maximum Gasteiger partial charge on any atom is 0.200 e. The van der Waals surface area contributed by atoms with Crippen LogP contribution in [0.5, 0.6) is 11.5 Å². The van der Waals surface area contributed by atoms with Crippen LogP contribution < -0.4 is 9.47 Å². The molecule has 3 nitrogen and oxygen atoms in total. The van der Waals surface area contributed by atoms with E-state index in [0.717, 1.165) is 21.3 Å². The second-order valence-electron chi connectivity index (χ2n) is 4.76. The second-order valence-corrected chi connectivity index (χ2v) is 5.61. The van der Waals surface area contributed by atoms with E-state index in [2.05, 4.69) is 15.9 Å². The lowest BCUT2D eigenvalue weighted by Gasteiger charge is -2.11. The molecule has 0 saturated heterocycles. The number of halogens is 1. The Bertz CT molecular complexity index is 665. The van der Waals surface area contributed by atoms with Gasteiger partial charge in [-0.25, -0.2) is 0 Å². The number of carbonyl (C=O) groups is 1. The summed E-state index contributed by atoms with van der Waals surface area (Å²) in [6, 6.07) is 11.1. The Kier molecular flexibility index (Phi) is 5.02. The van der Waals surface area contributed by atoms with E-state index in [1.807, 2.05) is 32.0 Å². The number of hydrogen-bond acceptors (Lipinski definition) is 3. The number of benzene rings is 2. The fourth-order valence-corrected chi connectivity index (χ4v) is 2.49. The molecule has 0 fully saturated rings. The van der Waals surface area contributed by atoms with Gasteiger partial charge >= 0.3 is 0 Å². The van der Waals surface area contributed by atoms with Crippen LogP contribution in [0, 0.1) is 13.8 Å². The third kappa shape index (κ3) is 3.64. The molecule has 0 unspecified atom stereocenters. The highest BCUT2D eigenvalue weighted by Gasteiger charge is 2.11. The lowest BCUT2D eigenvalue weighted by Crippen LogP contribution is -2.12. The lowest BCUT2D eigenvalue weighted by molar-refractivity contribution is 0.0921. The molecule has 0 aliphatic rings. The van der Waals surface area contributed by atoms with Gasteiger partial charge in [0.1, 0.15) is 11.5 Å². The Hall–Kier alpha value is -1.81. The molecule has 0 bridgehead atoms. The first-order valence-corrected chi connectivity index (χ1v) is 7.38. The Labute approximate surface area is 133 Å². The first-order valence-electron chi connectivity index (χ1n) is 6.58. The molecule has 2 aromatic carbocycles. The van der Waals surface area contributed by atoms with E-state index < -0.39 is 0 Å². The molecule has 0 aromatic heterocycles. The summed E-state index contributed by atoms with van der Waals surface area (Å²) in [6.45, 7) is 4.02. The van der Waals surface area contributed by atoms with Crippen LogP contribution >= 0.6 is 15.9 Å². The van der Waals surface area contributed by atoms with Gasteiger partial charge in [-0.05, 0) is 65.2 Å². The van der Waals surface area contributed by atoms with Gasteiger partial charge in [-0.3, -0.25) is 4.79 Å². The summed E-state index contributed by atoms with van der Waals surface area (Å²) in [7, 11) is 1.59. The molecule has 0 atom stereocenters. The summed E-state index contributed by atoms with van der Waals surface area (Å²) in [5, 5.41) is 0. The van der Waals surface area contributed by atoms with Crippen molar-refractivity contribution in [3.63, 3.8) is 0 Å². The molecule has 110 valence electrons. The smallest absolute Gasteiger partial charge is 0.200 e. The maximum absolute atomic E-state index is 12.2. The van der Waals surface area contributed by atoms with E-state index in [4.69, 9.17) is 9.47 Å². The number of aryl methyl sites for hydroxylation is 1. The highest BCUT2D eigenvalue weighted by molar-refractivity contribution is 9.10. The van der Waals surface area contributed by atoms with Crippen LogP contribution in [0.4, 0.5) is 0 Å². The van der Waals surface area contributed by atoms with Gasteiger partial charge in [-0.2, -0.15) is 0 Å². The normalized spacial score (nSPS) is 10.3. The summed E-state index contributed by atoms with van der Waals surface area (Å²) in [4.78, 5) is 12.2. The van der Waals surface area contributed by atoms with Gasteiger partial charge in [0.2, 0.25) is 0 Å². The SMILES string of the molecule is COc1ccc(C(=O)COc2cccc(C)c2C)cc1Br. The lowest BCUT2D eigenvalue weighted by atomic mass is 10.1. The van der Waals surface area contributed by atoms with Gasteiger partial charge in [0.05, 0.1) is 11.6 Å². The van der Waals surface area contributed by atoms with Crippen molar-refractivity contribution in [3.05, 3.63) is 57.6 Å². The number of rotatable bonds is 5. The van der Waals surface area contributed by atoms with Crippen molar-refractivity contribution in [3.8, 4) is 11.5 Å². The van der Waals surface area contributed by atoms with Gasteiger partial charge in [-0.1, -0.05) is 12.1 Å². The Morgan fingerprint density at radius 3 is 2.57 bits per heavy atom. The van der Waals surface area contributed by atoms with Crippen molar-refractivity contribution in [2.45, 2.75) is 13.8 Å². The van der Waals surface area contributed by atoms with Gasteiger partial charge in [0, 0.05) is 5.56 Å². The minimum atomic E-state index is -0.0701. The molecule has 0 N–H and O–H groups in total. The van der Waals surface area contributed by atoms with Crippen molar-refractivity contribution in [2.24, 2.45) is 0 Å². The molecule has 0 saturated carbocycles. The molecule has 0 radical (unpaired) electrons. The maximum atomic E-state index is 12.2. The summed E-state index contributed by atoms with van der Waals surface area (Å²) in [6.07, 6.45) is 0. The summed E-state index contributed by atoms with van der Waals surface area (Å²) >= 11 is 3.37. The van der Waals surface area contributed by atoms with Crippen molar-refractivity contribution in [1.82, 2.24) is 0 Å². The number of Topliss-reactive ketones (excluding diaryl/α,β-unsaturated/α-hetero) is 1. The zero-order chi connectivity index (χ0) is 15.4. The van der Waals surface area contributed by atoms with Crippen LogP contribution in [0.1, 0.15) is 21.5 Å². The predicted octanol–water partition coefficient (Wildman–Crippen LogP) is 4.34. The van der Waals surface area contributed by atoms with Crippen LogP contribution in [0.3, 0.4) is 0 Å². The summed E-state index contributed by atoms with van der Waals surface area (Å²) in [5.41, 5.74) is 2.79. The highest BCUT2D eigenvalue weighted by Crippen LogP contribution is 2.26. The van der Waals surface area contributed by atoms with Crippen molar-refractivity contribution >= 4 is 21.7 Å². The number of carbonyl (C=O) groups excluding carboxylic acids is 1. The highest BCUT2D eigenvalue weighted by atomic mass is 79.9. The minimum absolute atomic E-state index is 0.0169. The molecule has 21 heavy (non-hydrogen) atoms. The molecule has 2 rings (SSSR count). The third-order valence-corrected chi connectivity index (χ3v) is 4.01. The molecular formula is C17H17BrO3. The fraction of sp³-hybridized carbons (Fsp3) is 0.235. The van der Waals surface area contributed by atoms with E-state index in [9.17, 15) is 4.79 Å². The van der Waals surface area contributed by atoms with Crippen molar-refractivity contribution in [1.29, 1.82) is 0 Å². The zero-order valence-corrected chi connectivity index (χ0v) is 13.9. The Morgan fingerprint density at radius 2 is 1.90 bits per heavy atom. The molecular weight excluding hydrogens is 332 g/mol. The minimum Gasteiger partial charge on any atom is -0.496 e.